The van der Waals surface area contributed by atoms with E-state index in [1.807, 2.05) is 6.07 Å². The first-order chi connectivity index (χ1) is 15.8. The SMILES string of the molecule is COc1nc2nc(C)nc(N[C@H](C)c3cccc(C(F)F)c3F)c2cc1[C@@H]1CCCN(C)C1. The number of anilines is 1. The number of likely N-dealkylation sites (N-methyl/N-ethyl adjacent to an activating group) is 1. The topological polar surface area (TPSA) is 63.2 Å². The fourth-order valence-electron chi connectivity index (χ4n) is 4.50. The number of aromatic nitrogens is 3. The largest absolute Gasteiger partial charge is 0.481 e. The molecule has 1 N–H and O–H groups in total. The van der Waals surface area contributed by atoms with Gasteiger partial charge in [-0.3, -0.25) is 0 Å². The molecule has 1 aromatic carbocycles. The Morgan fingerprint density at radius 1 is 1.18 bits per heavy atom. The summed E-state index contributed by atoms with van der Waals surface area (Å²) >= 11 is 0. The highest BCUT2D eigenvalue weighted by atomic mass is 19.3. The molecular formula is C24H28F3N5O. The zero-order chi connectivity index (χ0) is 23.7. The first kappa shape index (κ1) is 23.2. The van der Waals surface area contributed by atoms with Crippen LogP contribution in [0.1, 0.15) is 60.7 Å². The predicted octanol–water partition coefficient (Wildman–Crippen LogP) is 5.40. The van der Waals surface area contributed by atoms with Crippen LogP contribution in [0.3, 0.4) is 0 Å². The number of nitrogens with zero attached hydrogens (tertiary/aromatic N) is 4. The van der Waals surface area contributed by atoms with Gasteiger partial charge in [-0.2, -0.15) is 4.98 Å². The molecule has 2 atom stereocenters. The summed E-state index contributed by atoms with van der Waals surface area (Å²) in [6.45, 7) is 5.40. The van der Waals surface area contributed by atoms with E-state index >= 15 is 0 Å². The summed E-state index contributed by atoms with van der Waals surface area (Å²) in [6.07, 6.45) is -0.785. The van der Waals surface area contributed by atoms with Gasteiger partial charge in [0.2, 0.25) is 5.88 Å². The third-order valence-electron chi connectivity index (χ3n) is 6.16. The fourth-order valence-corrected chi connectivity index (χ4v) is 4.50. The second kappa shape index (κ2) is 9.51. The number of hydrogen-bond acceptors (Lipinski definition) is 6. The number of methoxy groups -OCH3 is 1. The monoisotopic (exact) mass is 459 g/mol. The smallest absolute Gasteiger partial charge is 0.266 e. The Labute approximate surface area is 191 Å². The number of likely N-dealkylation sites (tertiary alicyclic amines) is 1. The van der Waals surface area contributed by atoms with Gasteiger partial charge >= 0.3 is 0 Å². The Kier molecular flexibility index (Phi) is 6.69. The average Bonchev–Trinajstić information content (AvgIpc) is 2.78. The zero-order valence-corrected chi connectivity index (χ0v) is 19.2. The number of hydrogen-bond donors (Lipinski definition) is 1. The van der Waals surface area contributed by atoms with Gasteiger partial charge in [-0.15, -0.1) is 0 Å². The molecule has 0 amide bonds. The summed E-state index contributed by atoms with van der Waals surface area (Å²) in [5.74, 6) is 0.845. The summed E-state index contributed by atoms with van der Waals surface area (Å²) < 4.78 is 46.7. The third kappa shape index (κ3) is 4.73. The Hall–Kier alpha value is -2.94. The molecule has 2 aromatic heterocycles. The Bertz CT molecular complexity index is 1160. The number of pyridine rings is 1. The van der Waals surface area contributed by atoms with Gasteiger partial charge < -0.3 is 15.0 Å². The van der Waals surface area contributed by atoms with Gasteiger partial charge in [0.1, 0.15) is 17.5 Å². The molecular weight excluding hydrogens is 431 g/mol. The minimum atomic E-state index is -2.88. The van der Waals surface area contributed by atoms with Crippen molar-refractivity contribution in [3.05, 3.63) is 52.6 Å². The van der Waals surface area contributed by atoms with E-state index in [0.29, 0.717) is 28.6 Å². The number of nitrogens with one attached hydrogen (secondary N) is 1. The van der Waals surface area contributed by atoms with Gasteiger partial charge in [0, 0.05) is 23.6 Å². The quantitative estimate of drug-likeness (QED) is 0.533. The predicted molar refractivity (Wildman–Crippen MR) is 121 cm³/mol. The molecule has 3 heterocycles. The Balaban J connectivity index is 1.76. The lowest BCUT2D eigenvalue weighted by Gasteiger charge is -2.30. The minimum absolute atomic E-state index is 0.146. The van der Waals surface area contributed by atoms with Crippen LogP contribution >= 0.6 is 0 Å². The fraction of sp³-hybridized carbons (Fsp3) is 0.458. The molecule has 176 valence electrons. The number of piperidine rings is 1. The number of halogens is 3. The van der Waals surface area contributed by atoms with Crippen molar-refractivity contribution in [2.24, 2.45) is 0 Å². The lowest BCUT2D eigenvalue weighted by Crippen LogP contribution is -2.31. The molecule has 0 unspecified atom stereocenters. The second-order valence-electron chi connectivity index (χ2n) is 8.60. The van der Waals surface area contributed by atoms with Crippen LogP contribution in [0.4, 0.5) is 19.0 Å². The standard InChI is InChI=1S/C24H28F3N5O/c1-13(16-8-5-9-17(20(16)25)21(26)27)28-22-19-11-18(15-7-6-10-32(3)12-15)24(33-4)31-23(19)30-14(2)29-22/h5,8-9,11,13,15,21H,6-7,10,12H2,1-4H3,(H,28,29,30,31)/t13-,15-/m1/s1. The van der Waals surface area contributed by atoms with Gasteiger partial charge in [0.25, 0.3) is 6.43 Å². The highest BCUT2D eigenvalue weighted by Crippen LogP contribution is 2.36. The maximum absolute atomic E-state index is 14.7. The molecule has 1 aliphatic rings. The molecule has 1 saturated heterocycles. The highest BCUT2D eigenvalue weighted by molar-refractivity contribution is 5.88. The molecule has 33 heavy (non-hydrogen) atoms. The van der Waals surface area contributed by atoms with Crippen molar-refractivity contribution in [1.82, 2.24) is 19.9 Å². The first-order valence-electron chi connectivity index (χ1n) is 11.0. The molecule has 0 radical (unpaired) electrons. The van der Waals surface area contributed by atoms with Gasteiger partial charge in [0.15, 0.2) is 5.65 Å². The summed E-state index contributed by atoms with van der Waals surface area (Å²) in [7, 11) is 3.69. The lowest BCUT2D eigenvalue weighted by atomic mass is 9.91. The summed E-state index contributed by atoms with van der Waals surface area (Å²) in [5, 5.41) is 3.88. The van der Waals surface area contributed by atoms with Crippen molar-refractivity contribution >= 4 is 16.9 Å². The van der Waals surface area contributed by atoms with E-state index in [4.69, 9.17) is 4.74 Å². The number of benzene rings is 1. The number of aryl methyl sites for hydroxylation is 1. The Morgan fingerprint density at radius 3 is 2.64 bits per heavy atom. The Morgan fingerprint density at radius 2 is 1.94 bits per heavy atom. The summed E-state index contributed by atoms with van der Waals surface area (Å²) in [6, 6.07) is 5.42. The van der Waals surface area contributed by atoms with Crippen molar-refractivity contribution in [2.75, 3.05) is 32.6 Å². The van der Waals surface area contributed by atoms with E-state index in [2.05, 4.69) is 32.2 Å². The first-order valence-corrected chi connectivity index (χ1v) is 11.0. The molecule has 0 spiro atoms. The highest BCUT2D eigenvalue weighted by Gasteiger charge is 2.25. The van der Waals surface area contributed by atoms with Gasteiger partial charge in [-0.05, 0) is 46.3 Å². The van der Waals surface area contributed by atoms with Crippen molar-refractivity contribution in [2.45, 2.75) is 45.1 Å². The number of fused-ring (bicyclic) bond motifs is 1. The maximum Gasteiger partial charge on any atom is 0.266 e. The molecule has 0 bridgehead atoms. The van der Waals surface area contributed by atoms with Crippen LogP contribution in [0.15, 0.2) is 24.3 Å². The number of rotatable bonds is 6. The molecule has 1 aliphatic heterocycles. The second-order valence-corrected chi connectivity index (χ2v) is 8.60. The van der Waals surface area contributed by atoms with Crippen molar-refractivity contribution in [1.29, 1.82) is 0 Å². The van der Waals surface area contributed by atoms with E-state index in [9.17, 15) is 13.2 Å². The average molecular weight is 460 g/mol. The van der Waals surface area contributed by atoms with Crippen molar-refractivity contribution in [3.63, 3.8) is 0 Å². The van der Waals surface area contributed by atoms with Crippen LogP contribution in [0, 0.1) is 12.7 Å². The van der Waals surface area contributed by atoms with E-state index in [1.165, 1.54) is 12.1 Å². The molecule has 9 heteroatoms. The van der Waals surface area contributed by atoms with Gasteiger partial charge in [-0.1, -0.05) is 18.2 Å². The molecule has 1 fully saturated rings. The van der Waals surface area contributed by atoms with E-state index < -0.39 is 23.8 Å². The number of ether oxygens (including phenoxy) is 1. The third-order valence-corrected chi connectivity index (χ3v) is 6.16. The van der Waals surface area contributed by atoms with E-state index in [0.717, 1.165) is 37.6 Å². The van der Waals surface area contributed by atoms with Gasteiger partial charge in [-0.25, -0.2) is 23.1 Å². The van der Waals surface area contributed by atoms with Gasteiger partial charge in [0.05, 0.1) is 24.1 Å². The van der Waals surface area contributed by atoms with Crippen LogP contribution in [0.2, 0.25) is 0 Å². The van der Waals surface area contributed by atoms with Crippen molar-refractivity contribution < 1.29 is 17.9 Å². The van der Waals surface area contributed by atoms with E-state index in [1.54, 1.807) is 21.0 Å². The maximum atomic E-state index is 14.7. The van der Waals surface area contributed by atoms with Crippen LogP contribution in [-0.2, 0) is 0 Å². The minimum Gasteiger partial charge on any atom is -0.481 e. The molecule has 0 aliphatic carbocycles. The van der Waals surface area contributed by atoms with Crippen LogP contribution in [0.25, 0.3) is 11.0 Å². The number of alkyl halides is 2. The molecule has 3 aromatic rings. The molecule has 6 nitrogen and oxygen atoms in total. The van der Waals surface area contributed by atoms with Crippen LogP contribution in [0.5, 0.6) is 5.88 Å². The van der Waals surface area contributed by atoms with Crippen LogP contribution < -0.4 is 10.1 Å². The molecule has 4 rings (SSSR count). The molecule has 0 saturated carbocycles. The summed E-state index contributed by atoms with van der Waals surface area (Å²) in [5.41, 5.74) is 0.974. The lowest BCUT2D eigenvalue weighted by molar-refractivity contribution is 0.146. The van der Waals surface area contributed by atoms with E-state index in [-0.39, 0.29) is 11.5 Å². The summed E-state index contributed by atoms with van der Waals surface area (Å²) in [4.78, 5) is 15.9. The van der Waals surface area contributed by atoms with Crippen molar-refractivity contribution in [3.8, 4) is 5.88 Å². The zero-order valence-electron chi connectivity index (χ0n) is 19.2. The van der Waals surface area contributed by atoms with Crippen LogP contribution in [-0.4, -0.2) is 47.1 Å². The normalized spacial score (nSPS) is 18.0.